The van der Waals surface area contributed by atoms with E-state index in [1.807, 2.05) is 0 Å². The Morgan fingerprint density at radius 1 is 0.808 bits per heavy atom. The standard InChI is InChI=1S/C22H40O4/c1-5-7-9-13-17(3)21(18(4)14-10-8-6-2)15-11-12-16-22(21,19(23)24)20(25)26/h17-18H,5-16H2,1-4H3,(H,23,24)(H,25,26). The molecule has 0 saturated heterocycles. The highest BCUT2D eigenvalue weighted by atomic mass is 16.4. The highest BCUT2D eigenvalue weighted by Gasteiger charge is 2.66. The van der Waals surface area contributed by atoms with E-state index in [0.717, 1.165) is 64.2 Å². The van der Waals surface area contributed by atoms with Crippen molar-refractivity contribution in [3.63, 3.8) is 0 Å². The van der Waals surface area contributed by atoms with Crippen LogP contribution in [-0.2, 0) is 9.59 Å². The van der Waals surface area contributed by atoms with Crippen molar-refractivity contribution in [1.82, 2.24) is 0 Å². The van der Waals surface area contributed by atoms with E-state index in [2.05, 4.69) is 27.7 Å². The van der Waals surface area contributed by atoms with Crippen molar-refractivity contribution in [2.75, 3.05) is 0 Å². The normalized spacial score (nSPS) is 24.8. The SMILES string of the molecule is CCCCCC(C)C1(C(C)CCCCC)CCCCC1(C(=O)O)C(=O)O. The van der Waals surface area contributed by atoms with E-state index in [9.17, 15) is 19.8 Å². The molecule has 0 amide bonds. The van der Waals surface area contributed by atoms with Gasteiger partial charge in [0.15, 0.2) is 5.41 Å². The molecule has 0 aromatic heterocycles. The molecule has 2 atom stereocenters. The van der Waals surface area contributed by atoms with Gasteiger partial charge >= 0.3 is 11.9 Å². The summed E-state index contributed by atoms with van der Waals surface area (Å²) < 4.78 is 0. The first kappa shape index (κ1) is 23.0. The van der Waals surface area contributed by atoms with Crippen LogP contribution in [0.25, 0.3) is 0 Å². The Bertz CT molecular complexity index is 427. The zero-order chi connectivity index (χ0) is 19.8. The Kier molecular flexibility index (Phi) is 9.12. The molecule has 152 valence electrons. The van der Waals surface area contributed by atoms with Crippen LogP contribution in [0.1, 0.15) is 105 Å². The van der Waals surface area contributed by atoms with Gasteiger partial charge in [0.05, 0.1) is 0 Å². The van der Waals surface area contributed by atoms with Crippen molar-refractivity contribution in [3.05, 3.63) is 0 Å². The second-order valence-corrected chi connectivity index (χ2v) is 8.56. The molecule has 1 fully saturated rings. The Morgan fingerprint density at radius 2 is 1.23 bits per heavy atom. The largest absolute Gasteiger partial charge is 0.480 e. The molecule has 0 radical (unpaired) electrons. The van der Waals surface area contributed by atoms with Gasteiger partial charge in [-0.05, 0) is 24.7 Å². The van der Waals surface area contributed by atoms with E-state index in [1.165, 1.54) is 0 Å². The lowest BCUT2D eigenvalue weighted by Gasteiger charge is -2.55. The number of carboxylic acid groups (broad SMARTS) is 2. The van der Waals surface area contributed by atoms with Crippen LogP contribution in [0, 0.1) is 22.7 Å². The van der Waals surface area contributed by atoms with Gasteiger partial charge in [-0.15, -0.1) is 0 Å². The molecular formula is C22H40O4. The molecule has 4 heteroatoms. The molecule has 1 aliphatic rings. The summed E-state index contributed by atoms with van der Waals surface area (Å²) in [6.07, 6.45) is 11.1. The second-order valence-electron chi connectivity index (χ2n) is 8.56. The first-order valence-corrected chi connectivity index (χ1v) is 10.8. The zero-order valence-electron chi connectivity index (χ0n) is 17.4. The maximum absolute atomic E-state index is 12.4. The molecule has 26 heavy (non-hydrogen) atoms. The van der Waals surface area contributed by atoms with Crippen LogP contribution in [0.4, 0.5) is 0 Å². The van der Waals surface area contributed by atoms with Crippen molar-refractivity contribution in [2.45, 2.75) is 105 Å². The highest BCUT2D eigenvalue weighted by Crippen LogP contribution is 2.61. The molecule has 2 unspecified atom stereocenters. The third-order valence-electron chi connectivity index (χ3n) is 7.16. The summed E-state index contributed by atoms with van der Waals surface area (Å²) in [6, 6.07) is 0. The fourth-order valence-corrected chi connectivity index (χ4v) is 5.69. The molecule has 1 aliphatic carbocycles. The van der Waals surface area contributed by atoms with Crippen LogP contribution < -0.4 is 0 Å². The molecular weight excluding hydrogens is 328 g/mol. The molecule has 0 bridgehead atoms. The second kappa shape index (κ2) is 10.3. The summed E-state index contributed by atoms with van der Waals surface area (Å²) in [5, 5.41) is 20.3. The van der Waals surface area contributed by atoms with Gasteiger partial charge in [-0.2, -0.15) is 0 Å². The van der Waals surface area contributed by atoms with Gasteiger partial charge < -0.3 is 10.2 Å². The minimum absolute atomic E-state index is 0.109. The summed E-state index contributed by atoms with van der Waals surface area (Å²) in [5.74, 6) is -2.01. The van der Waals surface area contributed by atoms with Gasteiger partial charge in [0.2, 0.25) is 0 Å². The first-order valence-electron chi connectivity index (χ1n) is 10.8. The van der Waals surface area contributed by atoms with Crippen LogP contribution in [0.5, 0.6) is 0 Å². The summed E-state index contributed by atoms with van der Waals surface area (Å²) >= 11 is 0. The Labute approximate surface area is 159 Å². The first-order chi connectivity index (χ1) is 12.3. The van der Waals surface area contributed by atoms with Crippen LogP contribution in [-0.4, -0.2) is 22.2 Å². The Balaban J connectivity index is 3.33. The molecule has 0 aliphatic heterocycles. The van der Waals surface area contributed by atoms with E-state index in [1.54, 1.807) is 0 Å². The molecule has 2 N–H and O–H groups in total. The monoisotopic (exact) mass is 368 g/mol. The molecule has 0 heterocycles. The van der Waals surface area contributed by atoms with Gasteiger partial charge in [0.25, 0.3) is 0 Å². The topological polar surface area (TPSA) is 74.6 Å². The summed E-state index contributed by atoms with van der Waals surface area (Å²) in [4.78, 5) is 24.8. The Morgan fingerprint density at radius 3 is 1.62 bits per heavy atom. The predicted molar refractivity (Wildman–Crippen MR) is 105 cm³/mol. The van der Waals surface area contributed by atoms with E-state index in [4.69, 9.17) is 0 Å². The van der Waals surface area contributed by atoms with Gasteiger partial charge in [0, 0.05) is 5.41 Å². The smallest absolute Gasteiger partial charge is 0.321 e. The minimum atomic E-state index is -1.64. The summed E-state index contributed by atoms with van der Waals surface area (Å²) in [7, 11) is 0. The average molecular weight is 369 g/mol. The quantitative estimate of drug-likeness (QED) is 0.321. The molecule has 1 rings (SSSR count). The van der Waals surface area contributed by atoms with Crippen LogP contribution >= 0.6 is 0 Å². The molecule has 0 aromatic carbocycles. The minimum Gasteiger partial charge on any atom is -0.480 e. The van der Waals surface area contributed by atoms with Gasteiger partial charge in [0.1, 0.15) is 0 Å². The lowest BCUT2D eigenvalue weighted by atomic mass is 9.45. The highest BCUT2D eigenvalue weighted by molar-refractivity contribution is 5.99. The summed E-state index contributed by atoms with van der Waals surface area (Å²) in [5.41, 5.74) is -2.28. The van der Waals surface area contributed by atoms with Crippen molar-refractivity contribution < 1.29 is 19.8 Å². The number of aliphatic carboxylic acids is 2. The Hall–Kier alpha value is -1.06. The molecule has 1 saturated carbocycles. The van der Waals surface area contributed by atoms with Crippen molar-refractivity contribution in [2.24, 2.45) is 22.7 Å². The maximum atomic E-state index is 12.4. The molecule has 0 aromatic rings. The van der Waals surface area contributed by atoms with Crippen LogP contribution in [0.2, 0.25) is 0 Å². The predicted octanol–water partition coefficient (Wildman–Crippen LogP) is 6.14. The van der Waals surface area contributed by atoms with Crippen LogP contribution in [0.15, 0.2) is 0 Å². The zero-order valence-corrected chi connectivity index (χ0v) is 17.4. The van der Waals surface area contributed by atoms with Crippen molar-refractivity contribution in [1.29, 1.82) is 0 Å². The number of rotatable bonds is 12. The third kappa shape index (κ3) is 4.26. The number of unbranched alkanes of at least 4 members (excludes halogenated alkanes) is 4. The van der Waals surface area contributed by atoms with Crippen LogP contribution in [0.3, 0.4) is 0 Å². The van der Waals surface area contributed by atoms with E-state index >= 15 is 0 Å². The lowest BCUT2D eigenvalue weighted by molar-refractivity contribution is -0.194. The fourth-order valence-electron chi connectivity index (χ4n) is 5.69. The van der Waals surface area contributed by atoms with Crippen molar-refractivity contribution >= 4 is 11.9 Å². The third-order valence-corrected chi connectivity index (χ3v) is 7.16. The maximum Gasteiger partial charge on any atom is 0.321 e. The van der Waals surface area contributed by atoms with Gasteiger partial charge in [-0.1, -0.05) is 91.9 Å². The lowest BCUT2D eigenvalue weighted by Crippen LogP contribution is -2.60. The molecule has 0 spiro atoms. The van der Waals surface area contributed by atoms with E-state index < -0.39 is 22.8 Å². The number of hydrogen-bond acceptors (Lipinski definition) is 2. The van der Waals surface area contributed by atoms with Gasteiger partial charge in [-0.3, -0.25) is 9.59 Å². The van der Waals surface area contributed by atoms with E-state index in [-0.39, 0.29) is 18.3 Å². The number of hydrogen-bond donors (Lipinski definition) is 2. The van der Waals surface area contributed by atoms with Gasteiger partial charge in [-0.25, -0.2) is 0 Å². The molecule has 4 nitrogen and oxygen atoms in total. The summed E-state index contributed by atoms with van der Waals surface area (Å²) in [6.45, 7) is 8.57. The fraction of sp³-hybridized carbons (Fsp3) is 0.909. The van der Waals surface area contributed by atoms with E-state index in [0.29, 0.717) is 6.42 Å². The number of carbonyl (C=O) groups is 2. The van der Waals surface area contributed by atoms with Crippen molar-refractivity contribution in [3.8, 4) is 0 Å². The average Bonchev–Trinajstić information content (AvgIpc) is 2.61. The number of carboxylic acids is 2.